The number of carbonyl (C=O) groups is 1. The van der Waals surface area contributed by atoms with Gasteiger partial charge in [-0.1, -0.05) is 11.6 Å². The van der Waals surface area contributed by atoms with Crippen molar-refractivity contribution >= 4 is 5.78 Å². The number of Topliss-reactive ketones (excluding diaryl/α,β-unsaturated/α-hetero) is 1. The Hall–Kier alpha value is -0.590. The highest BCUT2D eigenvalue weighted by atomic mass is 16.1. The van der Waals surface area contributed by atoms with Crippen LogP contribution in [0.4, 0.5) is 0 Å². The molecule has 1 nitrogen and oxygen atoms in total. The lowest BCUT2D eigenvalue weighted by atomic mass is 10.0. The molecular weight excluding hydrogens is 136 g/mol. The second-order valence-electron chi connectivity index (χ2n) is 3.66. The summed E-state index contributed by atoms with van der Waals surface area (Å²) in [6.45, 7) is 4.22. The molecule has 0 heterocycles. The fourth-order valence-electron chi connectivity index (χ4n) is 1.49. The van der Waals surface area contributed by atoms with Crippen molar-refractivity contribution in [2.45, 2.75) is 39.5 Å². The third kappa shape index (κ3) is 2.87. The van der Waals surface area contributed by atoms with Gasteiger partial charge in [-0.05, 0) is 32.6 Å². The molecule has 1 heteroatoms. The van der Waals surface area contributed by atoms with Crippen molar-refractivity contribution in [1.82, 2.24) is 0 Å². The first kappa shape index (κ1) is 8.51. The van der Waals surface area contributed by atoms with Gasteiger partial charge in [0.05, 0.1) is 0 Å². The summed E-state index contributed by atoms with van der Waals surface area (Å²) in [5.74, 6) is 1.11. The van der Waals surface area contributed by atoms with Crippen LogP contribution in [0.5, 0.6) is 0 Å². The summed E-state index contributed by atoms with van der Waals surface area (Å²) >= 11 is 0. The summed E-state index contributed by atoms with van der Waals surface area (Å²) in [7, 11) is 0. The van der Waals surface area contributed by atoms with Gasteiger partial charge in [0.15, 0.2) is 0 Å². The van der Waals surface area contributed by atoms with Crippen molar-refractivity contribution in [3.63, 3.8) is 0 Å². The molecule has 0 aliphatic heterocycles. The molecule has 0 aromatic carbocycles. The Kier molecular flexibility index (Phi) is 2.86. The Morgan fingerprint density at radius 2 is 2.36 bits per heavy atom. The van der Waals surface area contributed by atoms with Gasteiger partial charge < -0.3 is 0 Å². The highest BCUT2D eigenvalue weighted by Gasteiger charge is 2.20. The van der Waals surface area contributed by atoms with Gasteiger partial charge in [-0.3, -0.25) is 4.79 Å². The Balaban J connectivity index is 2.29. The molecule has 0 aromatic rings. The monoisotopic (exact) mass is 152 g/mol. The van der Waals surface area contributed by atoms with E-state index in [0.29, 0.717) is 11.7 Å². The minimum Gasteiger partial charge on any atom is -0.300 e. The van der Waals surface area contributed by atoms with Crippen LogP contribution in [0.3, 0.4) is 0 Å². The summed E-state index contributed by atoms with van der Waals surface area (Å²) in [6, 6.07) is 0. The van der Waals surface area contributed by atoms with Crippen LogP contribution in [0.1, 0.15) is 39.5 Å². The normalized spacial score (nSPS) is 23.8. The second-order valence-corrected chi connectivity index (χ2v) is 3.66. The van der Waals surface area contributed by atoms with Gasteiger partial charge in [0.1, 0.15) is 5.78 Å². The van der Waals surface area contributed by atoms with Crippen LogP contribution in [0.2, 0.25) is 0 Å². The van der Waals surface area contributed by atoms with Crippen LogP contribution in [0.25, 0.3) is 0 Å². The van der Waals surface area contributed by atoms with Gasteiger partial charge in [-0.25, -0.2) is 0 Å². The van der Waals surface area contributed by atoms with Crippen LogP contribution >= 0.6 is 0 Å². The van der Waals surface area contributed by atoms with Gasteiger partial charge in [-0.15, -0.1) is 0 Å². The predicted molar refractivity (Wildman–Crippen MR) is 46.4 cm³/mol. The zero-order chi connectivity index (χ0) is 8.27. The quantitative estimate of drug-likeness (QED) is 0.556. The number of carbonyl (C=O) groups excluding carboxylic acids is 1. The third-order valence-electron chi connectivity index (χ3n) is 2.21. The van der Waals surface area contributed by atoms with Crippen LogP contribution in [0.15, 0.2) is 11.6 Å². The standard InChI is InChI=1S/C10H16O/c1-8(2)3-4-9-5-6-10(11)7-9/h3,9H,4-7H2,1-2H3. The maximum atomic E-state index is 10.9. The van der Waals surface area contributed by atoms with Crippen molar-refractivity contribution in [3.05, 3.63) is 11.6 Å². The number of allylic oxidation sites excluding steroid dienone is 2. The fourth-order valence-corrected chi connectivity index (χ4v) is 1.49. The predicted octanol–water partition coefficient (Wildman–Crippen LogP) is 2.71. The number of rotatable bonds is 2. The van der Waals surface area contributed by atoms with Crippen LogP contribution < -0.4 is 0 Å². The lowest BCUT2D eigenvalue weighted by Gasteiger charge is -2.02. The van der Waals surface area contributed by atoms with E-state index in [9.17, 15) is 4.79 Å². The van der Waals surface area contributed by atoms with E-state index in [-0.39, 0.29) is 0 Å². The highest BCUT2D eigenvalue weighted by molar-refractivity contribution is 5.80. The van der Waals surface area contributed by atoms with E-state index in [2.05, 4.69) is 19.9 Å². The van der Waals surface area contributed by atoms with Gasteiger partial charge in [0.2, 0.25) is 0 Å². The molecule has 0 spiro atoms. The molecule has 0 bridgehead atoms. The summed E-state index contributed by atoms with van der Waals surface area (Å²) in [6.07, 6.45) is 6.10. The van der Waals surface area contributed by atoms with Crippen molar-refractivity contribution in [2.75, 3.05) is 0 Å². The van der Waals surface area contributed by atoms with E-state index in [1.54, 1.807) is 0 Å². The fraction of sp³-hybridized carbons (Fsp3) is 0.700. The van der Waals surface area contributed by atoms with Crippen LogP contribution in [0, 0.1) is 5.92 Å². The van der Waals surface area contributed by atoms with E-state index in [1.165, 1.54) is 5.57 Å². The maximum Gasteiger partial charge on any atom is 0.133 e. The highest BCUT2D eigenvalue weighted by Crippen LogP contribution is 2.25. The molecule has 1 atom stereocenters. The Labute approximate surface area is 68.5 Å². The molecule has 1 aliphatic rings. The third-order valence-corrected chi connectivity index (χ3v) is 2.21. The molecule has 1 fully saturated rings. The molecule has 1 saturated carbocycles. The lowest BCUT2D eigenvalue weighted by molar-refractivity contribution is -0.117. The molecular formula is C10H16O. The lowest BCUT2D eigenvalue weighted by Crippen LogP contribution is -1.92. The minimum absolute atomic E-state index is 0.456. The number of ketones is 1. The van der Waals surface area contributed by atoms with Gasteiger partial charge >= 0.3 is 0 Å². The molecule has 0 N–H and O–H groups in total. The van der Waals surface area contributed by atoms with Gasteiger partial charge in [-0.2, -0.15) is 0 Å². The van der Waals surface area contributed by atoms with E-state index in [1.807, 2.05) is 0 Å². The molecule has 1 aliphatic carbocycles. The van der Waals surface area contributed by atoms with Gasteiger partial charge in [0.25, 0.3) is 0 Å². The van der Waals surface area contributed by atoms with E-state index < -0.39 is 0 Å². The Morgan fingerprint density at radius 3 is 2.82 bits per heavy atom. The average Bonchev–Trinajstić information content (AvgIpc) is 2.31. The molecule has 0 aromatic heterocycles. The first-order valence-corrected chi connectivity index (χ1v) is 4.33. The second kappa shape index (κ2) is 3.70. The molecule has 0 saturated heterocycles. The maximum absolute atomic E-state index is 10.9. The summed E-state index contributed by atoms with van der Waals surface area (Å²) in [4.78, 5) is 10.9. The van der Waals surface area contributed by atoms with Crippen molar-refractivity contribution in [2.24, 2.45) is 5.92 Å². The largest absolute Gasteiger partial charge is 0.300 e. The van der Waals surface area contributed by atoms with E-state index in [4.69, 9.17) is 0 Å². The molecule has 62 valence electrons. The zero-order valence-corrected chi connectivity index (χ0v) is 7.39. The summed E-state index contributed by atoms with van der Waals surface area (Å²) in [5, 5.41) is 0. The van der Waals surface area contributed by atoms with Crippen molar-refractivity contribution in [1.29, 1.82) is 0 Å². The van der Waals surface area contributed by atoms with E-state index in [0.717, 1.165) is 25.7 Å². The topological polar surface area (TPSA) is 17.1 Å². The smallest absolute Gasteiger partial charge is 0.133 e. The Bertz CT molecular complexity index is 175. The SMILES string of the molecule is CC(C)=CCC1CCC(=O)C1. The molecule has 1 rings (SSSR count). The van der Waals surface area contributed by atoms with Crippen molar-refractivity contribution in [3.8, 4) is 0 Å². The average molecular weight is 152 g/mol. The molecule has 11 heavy (non-hydrogen) atoms. The summed E-state index contributed by atoms with van der Waals surface area (Å²) in [5.41, 5.74) is 1.37. The Morgan fingerprint density at radius 1 is 1.64 bits per heavy atom. The van der Waals surface area contributed by atoms with Crippen LogP contribution in [-0.2, 0) is 4.79 Å². The summed E-state index contributed by atoms with van der Waals surface area (Å²) < 4.78 is 0. The van der Waals surface area contributed by atoms with Gasteiger partial charge in [0, 0.05) is 12.8 Å². The molecule has 1 unspecified atom stereocenters. The molecule has 0 radical (unpaired) electrons. The van der Waals surface area contributed by atoms with Crippen molar-refractivity contribution < 1.29 is 4.79 Å². The number of hydrogen-bond acceptors (Lipinski definition) is 1. The molecule has 0 amide bonds. The number of hydrogen-bond donors (Lipinski definition) is 0. The van der Waals surface area contributed by atoms with Crippen LogP contribution in [-0.4, -0.2) is 5.78 Å². The first-order chi connectivity index (χ1) is 5.18. The first-order valence-electron chi connectivity index (χ1n) is 4.33. The zero-order valence-electron chi connectivity index (χ0n) is 7.39. The van der Waals surface area contributed by atoms with E-state index >= 15 is 0 Å². The minimum atomic E-state index is 0.456.